The quantitative estimate of drug-likeness (QED) is 0.730. The molecule has 2 amide bonds. The maximum Gasteiger partial charge on any atom is 0.258 e. The molecule has 1 aliphatic heterocycles. The third kappa shape index (κ3) is 1.72. The summed E-state index contributed by atoms with van der Waals surface area (Å²) < 4.78 is 0.843. The summed E-state index contributed by atoms with van der Waals surface area (Å²) in [5, 5.41) is 0. The molecule has 0 aromatic heterocycles. The van der Waals surface area contributed by atoms with E-state index in [0.717, 1.165) is 10.0 Å². The van der Waals surface area contributed by atoms with E-state index in [1.165, 1.54) is 17.1 Å². The van der Waals surface area contributed by atoms with Crippen molar-refractivity contribution in [3.8, 4) is 0 Å². The van der Waals surface area contributed by atoms with Crippen LogP contribution in [0.15, 0.2) is 34.8 Å². The highest BCUT2D eigenvalue weighted by Crippen LogP contribution is 2.26. The zero-order chi connectivity index (χ0) is 11.0. The van der Waals surface area contributed by atoms with Crippen molar-refractivity contribution in [2.45, 2.75) is 6.92 Å². The minimum absolute atomic E-state index is 0.291. The normalized spacial score (nSPS) is 15.2. The molecule has 0 saturated heterocycles. The molecule has 0 atom stereocenters. The smallest absolute Gasteiger partial charge is 0.258 e. The molecule has 0 fully saturated rings. The topological polar surface area (TPSA) is 37.4 Å². The molecule has 1 aliphatic rings. The number of aryl methyl sites for hydroxylation is 1. The number of hydrogen-bond donors (Lipinski definition) is 0. The fourth-order valence-electron chi connectivity index (χ4n) is 1.46. The molecule has 2 rings (SSSR count). The van der Waals surface area contributed by atoms with Crippen LogP contribution in [0.3, 0.4) is 0 Å². The van der Waals surface area contributed by atoms with E-state index in [9.17, 15) is 9.59 Å². The molecule has 0 radical (unpaired) electrons. The maximum absolute atomic E-state index is 11.5. The zero-order valence-electron chi connectivity index (χ0n) is 8.03. The Labute approximate surface area is 95.5 Å². The molecule has 1 aromatic carbocycles. The van der Waals surface area contributed by atoms with E-state index in [1.807, 2.05) is 19.1 Å². The van der Waals surface area contributed by atoms with Gasteiger partial charge in [0.15, 0.2) is 0 Å². The lowest BCUT2D eigenvalue weighted by atomic mass is 10.2. The van der Waals surface area contributed by atoms with Gasteiger partial charge in [-0.05, 0) is 24.6 Å². The van der Waals surface area contributed by atoms with Gasteiger partial charge in [-0.2, -0.15) is 0 Å². The largest absolute Gasteiger partial charge is 0.269 e. The first-order valence-electron chi connectivity index (χ1n) is 4.42. The maximum atomic E-state index is 11.5. The van der Waals surface area contributed by atoms with E-state index >= 15 is 0 Å². The second kappa shape index (κ2) is 3.62. The summed E-state index contributed by atoms with van der Waals surface area (Å²) in [6.07, 6.45) is 2.56. The number of imide groups is 1. The van der Waals surface area contributed by atoms with E-state index < -0.39 is 0 Å². The number of carbonyl (C=O) groups is 2. The number of hydrogen-bond acceptors (Lipinski definition) is 2. The minimum atomic E-state index is -0.291. The van der Waals surface area contributed by atoms with E-state index in [2.05, 4.69) is 15.9 Å². The van der Waals surface area contributed by atoms with Crippen molar-refractivity contribution in [1.29, 1.82) is 0 Å². The van der Waals surface area contributed by atoms with Gasteiger partial charge in [0, 0.05) is 16.6 Å². The Morgan fingerprint density at radius 2 is 1.73 bits per heavy atom. The average molecular weight is 266 g/mol. The van der Waals surface area contributed by atoms with Gasteiger partial charge in [0.25, 0.3) is 11.8 Å². The number of benzene rings is 1. The monoisotopic (exact) mass is 265 g/mol. The Morgan fingerprint density at radius 3 is 2.33 bits per heavy atom. The summed E-state index contributed by atoms with van der Waals surface area (Å²) in [7, 11) is 0. The van der Waals surface area contributed by atoms with Gasteiger partial charge < -0.3 is 0 Å². The van der Waals surface area contributed by atoms with Crippen LogP contribution < -0.4 is 4.90 Å². The molecule has 0 bridgehead atoms. The van der Waals surface area contributed by atoms with Gasteiger partial charge in [-0.1, -0.05) is 22.0 Å². The lowest BCUT2D eigenvalue weighted by Gasteiger charge is -2.16. The van der Waals surface area contributed by atoms with Gasteiger partial charge in [-0.25, -0.2) is 4.90 Å². The van der Waals surface area contributed by atoms with Crippen LogP contribution in [-0.2, 0) is 9.59 Å². The van der Waals surface area contributed by atoms with E-state index in [1.54, 1.807) is 6.07 Å². The number of halogens is 1. The predicted molar refractivity (Wildman–Crippen MR) is 60.5 cm³/mol. The van der Waals surface area contributed by atoms with Gasteiger partial charge in [0.2, 0.25) is 0 Å². The van der Waals surface area contributed by atoms with Crippen LogP contribution in [0.5, 0.6) is 0 Å². The Kier molecular flexibility index (Phi) is 2.44. The van der Waals surface area contributed by atoms with Crippen LogP contribution >= 0.6 is 15.9 Å². The highest BCUT2D eigenvalue weighted by Gasteiger charge is 2.26. The van der Waals surface area contributed by atoms with Crippen LogP contribution in [-0.4, -0.2) is 11.8 Å². The van der Waals surface area contributed by atoms with Crippen molar-refractivity contribution in [3.05, 3.63) is 40.4 Å². The Bertz CT molecular complexity index is 461. The molecule has 3 nitrogen and oxygen atoms in total. The third-order valence-corrected chi connectivity index (χ3v) is 2.71. The standard InChI is InChI=1S/C11H8BrNO2/c1-7-2-3-8(12)6-9(7)13-10(14)4-5-11(13)15/h2-6H,1H3. The number of nitrogens with zero attached hydrogens (tertiary/aromatic N) is 1. The van der Waals surface area contributed by atoms with Gasteiger partial charge in [-0.15, -0.1) is 0 Å². The molecule has 0 saturated carbocycles. The first-order chi connectivity index (χ1) is 7.09. The molecule has 0 aliphatic carbocycles. The Balaban J connectivity index is 2.50. The van der Waals surface area contributed by atoms with E-state index in [-0.39, 0.29) is 11.8 Å². The van der Waals surface area contributed by atoms with Gasteiger partial charge in [-0.3, -0.25) is 9.59 Å². The van der Waals surface area contributed by atoms with Crippen LogP contribution in [0.2, 0.25) is 0 Å². The summed E-state index contributed by atoms with van der Waals surface area (Å²) in [5.74, 6) is -0.581. The van der Waals surface area contributed by atoms with Crippen LogP contribution in [0.1, 0.15) is 5.56 Å². The molecule has 1 heterocycles. The lowest BCUT2D eigenvalue weighted by molar-refractivity contribution is -0.119. The molecular formula is C11H8BrNO2. The predicted octanol–water partition coefficient (Wildman–Crippen LogP) is 2.19. The summed E-state index contributed by atoms with van der Waals surface area (Å²) in [4.78, 5) is 24.1. The van der Waals surface area contributed by atoms with Gasteiger partial charge >= 0.3 is 0 Å². The molecule has 1 aromatic rings. The highest BCUT2D eigenvalue weighted by atomic mass is 79.9. The first-order valence-corrected chi connectivity index (χ1v) is 5.21. The van der Waals surface area contributed by atoms with Crippen LogP contribution in [0, 0.1) is 6.92 Å². The Morgan fingerprint density at radius 1 is 1.13 bits per heavy atom. The molecule has 15 heavy (non-hydrogen) atoms. The van der Waals surface area contributed by atoms with Crippen LogP contribution in [0.4, 0.5) is 5.69 Å². The van der Waals surface area contributed by atoms with Crippen molar-refractivity contribution in [1.82, 2.24) is 0 Å². The second-order valence-corrected chi connectivity index (χ2v) is 4.19. The zero-order valence-corrected chi connectivity index (χ0v) is 9.61. The van der Waals surface area contributed by atoms with Crippen molar-refractivity contribution < 1.29 is 9.59 Å². The van der Waals surface area contributed by atoms with Crippen LogP contribution in [0.25, 0.3) is 0 Å². The van der Waals surface area contributed by atoms with E-state index in [4.69, 9.17) is 0 Å². The van der Waals surface area contributed by atoms with Crippen molar-refractivity contribution in [3.63, 3.8) is 0 Å². The lowest BCUT2D eigenvalue weighted by Crippen LogP contribution is -2.30. The summed E-state index contributed by atoms with van der Waals surface area (Å²) in [6, 6.07) is 5.49. The molecule has 0 spiro atoms. The molecule has 0 N–H and O–H groups in total. The number of anilines is 1. The fourth-order valence-corrected chi connectivity index (χ4v) is 1.81. The molecule has 4 heteroatoms. The third-order valence-electron chi connectivity index (χ3n) is 2.22. The summed E-state index contributed by atoms with van der Waals surface area (Å²) in [6.45, 7) is 1.86. The second-order valence-electron chi connectivity index (χ2n) is 3.28. The Hall–Kier alpha value is -1.42. The summed E-state index contributed by atoms with van der Waals surface area (Å²) in [5.41, 5.74) is 1.52. The van der Waals surface area contributed by atoms with Crippen molar-refractivity contribution >= 4 is 33.4 Å². The molecular weight excluding hydrogens is 258 g/mol. The van der Waals surface area contributed by atoms with E-state index in [0.29, 0.717) is 5.69 Å². The van der Waals surface area contributed by atoms with Gasteiger partial charge in [0.1, 0.15) is 0 Å². The number of amides is 2. The SMILES string of the molecule is Cc1ccc(Br)cc1N1C(=O)C=CC1=O. The number of carbonyl (C=O) groups excluding carboxylic acids is 2. The highest BCUT2D eigenvalue weighted by molar-refractivity contribution is 9.10. The average Bonchev–Trinajstić information content (AvgIpc) is 2.51. The summed E-state index contributed by atoms with van der Waals surface area (Å²) >= 11 is 3.31. The first kappa shape index (κ1) is 10.1. The minimum Gasteiger partial charge on any atom is -0.269 e. The fraction of sp³-hybridized carbons (Fsp3) is 0.0909. The molecule has 0 unspecified atom stereocenters. The van der Waals surface area contributed by atoms with Crippen molar-refractivity contribution in [2.75, 3.05) is 4.90 Å². The van der Waals surface area contributed by atoms with Crippen molar-refractivity contribution in [2.24, 2.45) is 0 Å². The van der Waals surface area contributed by atoms with Gasteiger partial charge in [0.05, 0.1) is 5.69 Å². The number of rotatable bonds is 1. The molecule has 76 valence electrons.